The molecule has 3 atom stereocenters. The van der Waals surface area contributed by atoms with Crippen molar-refractivity contribution in [1.29, 1.82) is 0 Å². The van der Waals surface area contributed by atoms with E-state index in [0.29, 0.717) is 17.5 Å². The SMILES string of the molecule is CCCCC[C@@H]1C[C@@H]2C(=O)c3ccccc3C(=O)[C@@H]2C2=C1O[Si](c1ccccc1)(c1ccccc1)c1ccccc12. The molecule has 204 valence electrons. The van der Waals surface area contributed by atoms with Gasteiger partial charge >= 0.3 is 8.32 Å². The molecule has 0 radical (unpaired) electrons. The zero-order valence-electron chi connectivity index (χ0n) is 23.4. The van der Waals surface area contributed by atoms with E-state index < -0.39 is 14.2 Å². The predicted octanol–water partition coefficient (Wildman–Crippen LogP) is 6.31. The molecule has 3 nitrogen and oxygen atoms in total. The van der Waals surface area contributed by atoms with Crippen LogP contribution in [0.3, 0.4) is 0 Å². The number of allylic oxidation sites excluding steroid dienone is 2. The van der Waals surface area contributed by atoms with E-state index in [9.17, 15) is 9.59 Å². The first kappa shape index (κ1) is 25.9. The minimum atomic E-state index is -2.97. The average Bonchev–Trinajstić information content (AvgIpc) is 3.04. The third kappa shape index (κ3) is 3.99. The molecule has 0 N–H and O–H groups in total. The largest absolute Gasteiger partial charge is 0.533 e. The fraction of sp³-hybridized carbons (Fsp3) is 0.243. The van der Waals surface area contributed by atoms with Gasteiger partial charge in [0.25, 0.3) is 0 Å². The van der Waals surface area contributed by atoms with Crippen LogP contribution in [0.1, 0.15) is 65.3 Å². The van der Waals surface area contributed by atoms with Crippen molar-refractivity contribution < 1.29 is 14.0 Å². The Morgan fingerprint density at radius 3 is 1.88 bits per heavy atom. The molecule has 1 aliphatic heterocycles. The molecule has 0 saturated carbocycles. The lowest BCUT2D eigenvalue weighted by molar-refractivity contribution is 0.0728. The summed E-state index contributed by atoms with van der Waals surface area (Å²) in [4.78, 5) is 28.3. The second-order valence-corrected chi connectivity index (χ2v) is 14.9. The lowest BCUT2D eigenvalue weighted by Gasteiger charge is -2.48. The highest BCUT2D eigenvalue weighted by molar-refractivity contribution is 7.07. The van der Waals surface area contributed by atoms with E-state index in [0.717, 1.165) is 47.8 Å². The van der Waals surface area contributed by atoms with Crippen LogP contribution < -0.4 is 15.6 Å². The van der Waals surface area contributed by atoms with Crippen molar-refractivity contribution in [1.82, 2.24) is 0 Å². The summed E-state index contributed by atoms with van der Waals surface area (Å²) in [5, 5.41) is 3.54. The van der Waals surface area contributed by atoms with Crippen LogP contribution in [0.5, 0.6) is 0 Å². The predicted molar refractivity (Wildman–Crippen MR) is 166 cm³/mol. The van der Waals surface area contributed by atoms with E-state index in [1.54, 1.807) is 0 Å². The standard InChI is InChI=1S/C37H34O3Si/c1-2-3-6-15-25-24-31-33(36(39)29-21-12-11-20-28(29)35(31)38)34-30-22-13-14-23-32(30)41(40-37(25)34,26-16-7-4-8-17-26)27-18-9-5-10-19-27/h4-5,7-14,16-23,25,31,33H,2-3,6,15,24H2,1H3/t25-,31+,33+/m1/s1. The number of ketones is 2. The third-order valence-corrected chi connectivity index (χ3v) is 13.4. The summed E-state index contributed by atoms with van der Waals surface area (Å²) in [5.74, 6) is 0.330. The lowest BCUT2D eigenvalue weighted by atomic mass is 9.62. The Labute approximate surface area is 243 Å². The number of carbonyl (C=O) groups excluding carboxylic acids is 2. The first-order valence-electron chi connectivity index (χ1n) is 15.0. The van der Waals surface area contributed by atoms with Crippen LogP contribution in [0.15, 0.2) is 115 Å². The normalized spacial score (nSPS) is 22.2. The Morgan fingerprint density at radius 2 is 1.24 bits per heavy atom. The molecule has 0 spiro atoms. The number of hydrogen-bond donors (Lipinski definition) is 0. The molecule has 0 fully saturated rings. The summed E-state index contributed by atoms with van der Waals surface area (Å²) in [6, 6.07) is 37.2. The molecule has 0 unspecified atom stereocenters. The quantitative estimate of drug-likeness (QED) is 0.207. The van der Waals surface area contributed by atoms with Crippen LogP contribution >= 0.6 is 0 Å². The van der Waals surface area contributed by atoms with Gasteiger partial charge in [0.05, 0.1) is 11.7 Å². The second-order valence-electron chi connectivity index (χ2n) is 11.6. The number of unbranched alkanes of at least 4 members (excludes halogenated alkanes) is 2. The number of hydrogen-bond acceptors (Lipinski definition) is 3. The van der Waals surface area contributed by atoms with Crippen LogP contribution in [0.25, 0.3) is 5.57 Å². The van der Waals surface area contributed by atoms with Gasteiger partial charge in [-0.05, 0) is 34.0 Å². The molecule has 0 amide bonds. The molecule has 3 aliphatic rings. The summed E-state index contributed by atoms with van der Waals surface area (Å²) in [7, 11) is -2.97. The Balaban J connectivity index is 1.50. The Morgan fingerprint density at radius 1 is 0.683 bits per heavy atom. The van der Waals surface area contributed by atoms with E-state index in [1.165, 1.54) is 10.4 Å². The van der Waals surface area contributed by atoms with Crippen LogP contribution in [0.2, 0.25) is 0 Å². The molecule has 41 heavy (non-hydrogen) atoms. The maximum absolute atomic E-state index is 14.3. The van der Waals surface area contributed by atoms with E-state index in [2.05, 4.69) is 91.9 Å². The van der Waals surface area contributed by atoms with Gasteiger partial charge in [-0.15, -0.1) is 0 Å². The average molecular weight is 555 g/mol. The van der Waals surface area contributed by atoms with Gasteiger partial charge in [0.1, 0.15) is 0 Å². The highest BCUT2D eigenvalue weighted by atomic mass is 28.4. The summed E-state index contributed by atoms with van der Waals surface area (Å²) in [6.07, 6.45) is 4.95. The van der Waals surface area contributed by atoms with Crippen molar-refractivity contribution in [3.8, 4) is 0 Å². The van der Waals surface area contributed by atoms with Gasteiger partial charge < -0.3 is 4.43 Å². The number of benzene rings is 4. The first-order chi connectivity index (χ1) is 20.1. The first-order valence-corrected chi connectivity index (χ1v) is 16.9. The Bertz CT molecular complexity index is 1620. The van der Waals surface area contributed by atoms with Crippen molar-refractivity contribution in [3.05, 3.63) is 132 Å². The van der Waals surface area contributed by atoms with Gasteiger partial charge in [0, 0.05) is 28.5 Å². The fourth-order valence-electron chi connectivity index (χ4n) is 7.49. The molecule has 4 aromatic rings. The topological polar surface area (TPSA) is 43.4 Å². The van der Waals surface area contributed by atoms with E-state index >= 15 is 0 Å². The fourth-order valence-corrected chi connectivity index (χ4v) is 11.7. The summed E-state index contributed by atoms with van der Waals surface area (Å²) in [6.45, 7) is 2.22. The van der Waals surface area contributed by atoms with E-state index in [4.69, 9.17) is 4.43 Å². The van der Waals surface area contributed by atoms with Gasteiger partial charge in [0.15, 0.2) is 11.6 Å². The number of fused-ring (bicyclic) bond motifs is 5. The van der Waals surface area contributed by atoms with Crippen molar-refractivity contribution in [3.63, 3.8) is 0 Å². The molecule has 0 aromatic heterocycles. The van der Waals surface area contributed by atoms with Gasteiger partial charge in [0.2, 0.25) is 0 Å². The highest BCUT2D eigenvalue weighted by Gasteiger charge is 2.56. The zero-order valence-corrected chi connectivity index (χ0v) is 24.4. The van der Waals surface area contributed by atoms with Crippen LogP contribution in [-0.2, 0) is 4.43 Å². The van der Waals surface area contributed by atoms with Crippen LogP contribution in [0.4, 0.5) is 0 Å². The van der Waals surface area contributed by atoms with Crippen molar-refractivity contribution >= 4 is 41.0 Å². The summed E-state index contributed by atoms with van der Waals surface area (Å²) in [5.41, 5.74) is 3.18. The maximum Gasteiger partial charge on any atom is 0.347 e. The number of carbonyl (C=O) groups is 2. The van der Waals surface area contributed by atoms with Crippen molar-refractivity contribution in [2.24, 2.45) is 17.8 Å². The highest BCUT2D eigenvalue weighted by Crippen LogP contribution is 2.52. The molecule has 7 rings (SSSR count). The molecule has 1 heterocycles. The van der Waals surface area contributed by atoms with Crippen LogP contribution in [-0.4, -0.2) is 19.9 Å². The lowest BCUT2D eigenvalue weighted by Crippen LogP contribution is -2.71. The van der Waals surface area contributed by atoms with E-state index in [1.807, 2.05) is 24.3 Å². The molecular formula is C37H34O3Si. The maximum atomic E-state index is 14.3. The molecule has 4 aromatic carbocycles. The molecule has 2 aliphatic carbocycles. The third-order valence-electron chi connectivity index (χ3n) is 9.34. The van der Waals surface area contributed by atoms with Gasteiger partial charge in [-0.2, -0.15) is 0 Å². The van der Waals surface area contributed by atoms with Crippen LogP contribution in [0, 0.1) is 17.8 Å². The summed E-state index contributed by atoms with van der Waals surface area (Å²) < 4.78 is 7.60. The minimum Gasteiger partial charge on any atom is -0.533 e. The number of Topliss-reactive ketones (excluding diaryl/α,β-unsaturated/α-hetero) is 2. The zero-order chi connectivity index (χ0) is 28.0. The van der Waals surface area contributed by atoms with E-state index in [-0.39, 0.29) is 23.4 Å². The van der Waals surface area contributed by atoms with Crippen molar-refractivity contribution in [2.75, 3.05) is 0 Å². The monoisotopic (exact) mass is 554 g/mol. The molecule has 0 bridgehead atoms. The minimum absolute atomic E-state index is 0.0525. The molecule has 0 saturated heterocycles. The van der Waals surface area contributed by atoms with Gasteiger partial charge in [-0.1, -0.05) is 135 Å². The number of rotatable bonds is 6. The summed E-state index contributed by atoms with van der Waals surface area (Å²) >= 11 is 0. The van der Waals surface area contributed by atoms with Gasteiger partial charge in [-0.3, -0.25) is 9.59 Å². The van der Waals surface area contributed by atoms with Crippen molar-refractivity contribution in [2.45, 2.75) is 39.0 Å². The molecular weight excluding hydrogens is 520 g/mol. The second kappa shape index (κ2) is 10.4. The Hall–Kier alpha value is -4.02. The smallest absolute Gasteiger partial charge is 0.347 e. The molecule has 4 heteroatoms. The Kier molecular flexibility index (Phi) is 6.59. The van der Waals surface area contributed by atoms with Gasteiger partial charge in [-0.25, -0.2) is 0 Å².